The molecule has 2 rings (SSSR count). The van der Waals surface area contributed by atoms with Gasteiger partial charge in [0, 0.05) is 44.2 Å². The van der Waals surface area contributed by atoms with Crippen LogP contribution < -0.4 is 10.6 Å². The minimum absolute atomic E-state index is 0. The lowest BCUT2D eigenvalue weighted by molar-refractivity contribution is 0.0953. The van der Waals surface area contributed by atoms with Crippen LogP contribution in [0.15, 0.2) is 52.8 Å². The number of nitrogens with one attached hydrogen (secondary N) is 2. The van der Waals surface area contributed by atoms with Crippen molar-refractivity contribution in [1.82, 2.24) is 15.5 Å². The summed E-state index contributed by atoms with van der Waals surface area (Å²) in [5, 5.41) is 8.38. The van der Waals surface area contributed by atoms with E-state index in [1.807, 2.05) is 37.4 Å². The van der Waals surface area contributed by atoms with E-state index < -0.39 is 0 Å². The van der Waals surface area contributed by atoms with Crippen molar-refractivity contribution in [2.45, 2.75) is 12.8 Å². The first kappa shape index (κ1) is 22.4. The first-order valence-corrected chi connectivity index (χ1v) is 9.36. The Morgan fingerprint density at radius 3 is 2.50 bits per heavy atom. The van der Waals surface area contributed by atoms with Crippen molar-refractivity contribution in [3.8, 4) is 0 Å². The summed E-state index contributed by atoms with van der Waals surface area (Å²) < 4.78 is 0. The number of amides is 1. The van der Waals surface area contributed by atoms with E-state index in [-0.39, 0.29) is 29.9 Å². The van der Waals surface area contributed by atoms with E-state index in [0.29, 0.717) is 12.1 Å². The minimum Gasteiger partial charge on any atom is -0.356 e. The minimum atomic E-state index is -0.0296. The summed E-state index contributed by atoms with van der Waals surface area (Å²) in [7, 11) is 3.83. The number of thiophene rings is 1. The van der Waals surface area contributed by atoms with Gasteiger partial charge in [0.1, 0.15) is 0 Å². The number of halogens is 1. The molecule has 142 valence electrons. The van der Waals surface area contributed by atoms with E-state index in [0.717, 1.165) is 31.9 Å². The van der Waals surface area contributed by atoms with E-state index in [9.17, 15) is 4.79 Å². The molecule has 5 nitrogen and oxygen atoms in total. The zero-order valence-electron chi connectivity index (χ0n) is 15.3. The summed E-state index contributed by atoms with van der Waals surface area (Å²) in [5.74, 6) is 0.851. The molecule has 0 saturated heterocycles. The zero-order valence-corrected chi connectivity index (χ0v) is 18.4. The van der Waals surface area contributed by atoms with Gasteiger partial charge < -0.3 is 15.5 Å². The molecule has 0 unspecified atom stereocenters. The van der Waals surface area contributed by atoms with Crippen LogP contribution in [0.1, 0.15) is 21.7 Å². The fraction of sp³-hybridized carbons (Fsp3) is 0.368. The molecule has 1 aromatic heterocycles. The maximum absolute atomic E-state index is 11.9. The lowest BCUT2D eigenvalue weighted by Gasteiger charge is -2.21. The molecule has 1 aromatic carbocycles. The summed E-state index contributed by atoms with van der Waals surface area (Å²) in [6.07, 6.45) is 1.86. The molecule has 0 atom stereocenters. The quantitative estimate of drug-likeness (QED) is 0.261. The Bertz CT molecular complexity index is 661. The number of guanidine groups is 1. The zero-order chi connectivity index (χ0) is 17.9. The Labute approximate surface area is 176 Å². The number of aliphatic imine (C=N–C) groups is 1. The van der Waals surface area contributed by atoms with Crippen molar-refractivity contribution in [1.29, 1.82) is 0 Å². The molecule has 0 spiro atoms. The number of likely N-dealkylation sites (N-methyl/N-ethyl adjacent to an activating group) is 1. The highest BCUT2D eigenvalue weighted by Crippen LogP contribution is 2.09. The molecule has 0 radical (unpaired) electrons. The smallest absolute Gasteiger partial charge is 0.251 e. The number of carbonyl (C=O) groups excluding carboxylic acids is 1. The number of hydrogen-bond donors (Lipinski definition) is 2. The summed E-state index contributed by atoms with van der Waals surface area (Å²) in [6.45, 7) is 2.33. The third-order valence-electron chi connectivity index (χ3n) is 3.81. The second-order valence-electron chi connectivity index (χ2n) is 5.70. The molecule has 1 heterocycles. The van der Waals surface area contributed by atoms with Crippen LogP contribution in [0.5, 0.6) is 0 Å². The maximum atomic E-state index is 11.9. The van der Waals surface area contributed by atoms with Crippen LogP contribution in [0.3, 0.4) is 0 Å². The van der Waals surface area contributed by atoms with Gasteiger partial charge in [-0.2, -0.15) is 0 Å². The van der Waals surface area contributed by atoms with Gasteiger partial charge >= 0.3 is 0 Å². The monoisotopic (exact) mass is 486 g/mol. The highest BCUT2D eigenvalue weighted by atomic mass is 127. The fourth-order valence-electron chi connectivity index (χ4n) is 2.41. The van der Waals surface area contributed by atoms with Crippen LogP contribution in [-0.4, -0.2) is 50.5 Å². The van der Waals surface area contributed by atoms with Crippen molar-refractivity contribution < 1.29 is 4.79 Å². The predicted octanol–water partition coefficient (Wildman–Crippen LogP) is 3.24. The van der Waals surface area contributed by atoms with Crippen molar-refractivity contribution in [3.05, 3.63) is 58.3 Å². The second-order valence-corrected chi connectivity index (χ2v) is 6.73. The molecule has 2 N–H and O–H groups in total. The third kappa shape index (κ3) is 7.74. The topological polar surface area (TPSA) is 56.7 Å². The van der Waals surface area contributed by atoms with Gasteiger partial charge in [0.25, 0.3) is 5.91 Å². The van der Waals surface area contributed by atoms with Gasteiger partial charge in [-0.1, -0.05) is 24.3 Å². The number of carbonyl (C=O) groups is 1. The summed E-state index contributed by atoms with van der Waals surface area (Å²) in [5.41, 5.74) is 0.694. The van der Waals surface area contributed by atoms with Gasteiger partial charge in [0.2, 0.25) is 0 Å². The van der Waals surface area contributed by atoms with E-state index in [1.165, 1.54) is 4.88 Å². The van der Waals surface area contributed by atoms with Gasteiger partial charge in [0.05, 0.1) is 0 Å². The number of rotatable bonds is 8. The van der Waals surface area contributed by atoms with Crippen molar-refractivity contribution in [2.75, 3.05) is 33.7 Å². The van der Waals surface area contributed by atoms with Gasteiger partial charge in [-0.3, -0.25) is 9.79 Å². The number of benzene rings is 1. The van der Waals surface area contributed by atoms with E-state index >= 15 is 0 Å². The van der Waals surface area contributed by atoms with E-state index in [4.69, 9.17) is 0 Å². The van der Waals surface area contributed by atoms with Crippen molar-refractivity contribution >= 4 is 47.2 Å². The molecular weight excluding hydrogens is 459 g/mol. The van der Waals surface area contributed by atoms with Crippen molar-refractivity contribution in [2.24, 2.45) is 4.99 Å². The van der Waals surface area contributed by atoms with Crippen molar-refractivity contribution in [3.63, 3.8) is 0 Å². The van der Waals surface area contributed by atoms with Crippen LogP contribution >= 0.6 is 35.3 Å². The molecule has 0 aliphatic heterocycles. The normalized spacial score (nSPS) is 10.8. The fourth-order valence-corrected chi connectivity index (χ4v) is 3.10. The molecule has 2 aromatic rings. The van der Waals surface area contributed by atoms with Crippen LogP contribution in [0, 0.1) is 0 Å². The van der Waals surface area contributed by atoms with E-state index in [2.05, 4.69) is 38.0 Å². The third-order valence-corrected chi connectivity index (χ3v) is 4.74. The Morgan fingerprint density at radius 2 is 1.85 bits per heavy atom. The predicted molar refractivity (Wildman–Crippen MR) is 121 cm³/mol. The summed E-state index contributed by atoms with van der Waals surface area (Å²) in [4.78, 5) is 19.8. The molecule has 0 saturated carbocycles. The lowest BCUT2D eigenvalue weighted by atomic mass is 10.2. The van der Waals surface area contributed by atoms with Gasteiger partial charge in [-0.25, -0.2) is 0 Å². The molecule has 0 aliphatic carbocycles. The van der Waals surface area contributed by atoms with Crippen LogP contribution in [0.25, 0.3) is 0 Å². The van der Waals surface area contributed by atoms with E-state index in [1.54, 1.807) is 18.4 Å². The second kappa shape index (κ2) is 12.7. The first-order chi connectivity index (χ1) is 12.2. The molecule has 0 aliphatic rings. The lowest BCUT2D eigenvalue weighted by Crippen LogP contribution is -2.41. The Balaban J connectivity index is 0.00000338. The molecule has 7 heteroatoms. The van der Waals surface area contributed by atoms with Crippen LogP contribution in [-0.2, 0) is 6.42 Å². The SMILES string of the molecule is CN=C(NCCCNC(=O)c1ccccc1)N(C)CCc1cccs1.I. The number of hydrogen-bond acceptors (Lipinski definition) is 3. The van der Waals surface area contributed by atoms with Gasteiger partial charge in [-0.15, -0.1) is 35.3 Å². The Hall–Kier alpha value is -1.61. The molecule has 0 fully saturated rings. The van der Waals surface area contributed by atoms with Gasteiger partial charge in [-0.05, 0) is 36.4 Å². The summed E-state index contributed by atoms with van der Waals surface area (Å²) in [6, 6.07) is 13.5. The largest absolute Gasteiger partial charge is 0.356 e. The van der Waals surface area contributed by atoms with Gasteiger partial charge in [0.15, 0.2) is 5.96 Å². The first-order valence-electron chi connectivity index (χ1n) is 8.48. The Kier molecular flexibility index (Phi) is 11.0. The van der Waals surface area contributed by atoms with Crippen LogP contribution in [0.2, 0.25) is 0 Å². The highest BCUT2D eigenvalue weighted by molar-refractivity contribution is 14.0. The molecule has 26 heavy (non-hydrogen) atoms. The Morgan fingerprint density at radius 1 is 1.12 bits per heavy atom. The maximum Gasteiger partial charge on any atom is 0.251 e. The molecule has 0 bridgehead atoms. The number of nitrogens with zero attached hydrogens (tertiary/aromatic N) is 2. The molecular formula is C19H27IN4OS. The molecule has 1 amide bonds. The average Bonchev–Trinajstić information content (AvgIpc) is 3.17. The standard InChI is InChI=1S/C19H26N4OS.HI/c1-20-19(23(2)14-11-17-10-6-15-25-17)22-13-7-12-21-18(24)16-8-4-3-5-9-16;/h3-6,8-10,15H,7,11-14H2,1-2H3,(H,20,22)(H,21,24);1H. The summed E-state index contributed by atoms with van der Waals surface area (Å²) >= 11 is 1.78. The highest BCUT2D eigenvalue weighted by Gasteiger charge is 2.06. The van der Waals surface area contributed by atoms with Crippen LogP contribution in [0.4, 0.5) is 0 Å². The average molecular weight is 486 g/mol.